The van der Waals surface area contributed by atoms with Crippen LogP contribution in [-0.2, 0) is 10.0 Å². The van der Waals surface area contributed by atoms with Crippen molar-refractivity contribution in [2.24, 2.45) is 5.92 Å². The molecule has 196 valence electrons. The van der Waals surface area contributed by atoms with Crippen LogP contribution in [0.4, 0.5) is 11.6 Å². The minimum atomic E-state index is -4.25. The number of aromatic nitrogens is 3. The molecule has 0 saturated carbocycles. The predicted octanol–water partition coefficient (Wildman–Crippen LogP) is 3.65. The zero-order valence-electron chi connectivity index (χ0n) is 21.4. The van der Waals surface area contributed by atoms with E-state index in [9.17, 15) is 13.2 Å². The number of hydrogen-bond donors (Lipinski definition) is 2. The van der Waals surface area contributed by atoms with Gasteiger partial charge >= 0.3 is 0 Å². The van der Waals surface area contributed by atoms with Crippen molar-refractivity contribution >= 4 is 27.6 Å². The highest BCUT2D eigenvalue weighted by atomic mass is 32.2. The number of carbonyl (C=O) groups excluding carboxylic acids is 1. The van der Waals surface area contributed by atoms with Gasteiger partial charge in [0.2, 0.25) is 5.88 Å². The van der Waals surface area contributed by atoms with Crippen LogP contribution in [0.15, 0.2) is 53.6 Å². The first-order valence-corrected chi connectivity index (χ1v) is 13.6. The van der Waals surface area contributed by atoms with Crippen LogP contribution >= 0.6 is 0 Å². The second kappa shape index (κ2) is 10.3. The molecule has 1 fully saturated rings. The van der Waals surface area contributed by atoms with Gasteiger partial charge in [-0.15, -0.1) is 0 Å². The van der Waals surface area contributed by atoms with Crippen LogP contribution in [0.25, 0.3) is 11.4 Å². The number of rotatable bonds is 8. The quantitative estimate of drug-likeness (QED) is 0.452. The summed E-state index contributed by atoms with van der Waals surface area (Å²) < 4.78 is 33.6. The predicted molar refractivity (Wildman–Crippen MR) is 142 cm³/mol. The third kappa shape index (κ3) is 5.99. The van der Waals surface area contributed by atoms with Crippen molar-refractivity contribution < 1.29 is 17.9 Å². The molecule has 1 aliphatic rings. The lowest BCUT2D eigenvalue weighted by atomic mass is 10.0. The fourth-order valence-corrected chi connectivity index (χ4v) is 5.12. The lowest BCUT2D eigenvalue weighted by Crippen LogP contribution is -2.41. The summed E-state index contributed by atoms with van der Waals surface area (Å²) in [5, 5.41) is -0.337. The number of nitrogens with zero attached hydrogens (tertiary/aromatic N) is 4. The number of ether oxygens (including phenoxy) is 1. The molecule has 0 bridgehead atoms. The third-order valence-corrected chi connectivity index (χ3v) is 7.31. The number of sulfonamides is 1. The van der Waals surface area contributed by atoms with Crippen LogP contribution in [0, 0.1) is 5.92 Å². The van der Waals surface area contributed by atoms with Gasteiger partial charge in [-0.05, 0) is 62.9 Å². The van der Waals surface area contributed by atoms with Gasteiger partial charge in [0.15, 0.2) is 5.03 Å². The summed E-state index contributed by atoms with van der Waals surface area (Å²) in [5.41, 5.74) is 6.63. The molecule has 0 atom stereocenters. The molecule has 0 aliphatic carbocycles. The van der Waals surface area contributed by atoms with E-state index < -0.39 is 15.9 Å². The number of nitrogens with two attached hydrogens (primary N) is 1. The second-order valence-electron chi connectivity index (χ2n) is 10.0. The number of pyridine rings is 3. The molecule has 1 aliphatic heterocycles. The Morgan fingerprint density at radius 1 is 1.08 bits per heavy atom. The van der Waals surface area contributed by atoms with Crippen molar-refractivity contribution in [3.8, 4) is 17.3 Å². The van der Waals surface area contributed by atoms with Crippen molar-refractivity contribution in [1.82, 2.24) is 19.7 Å². The van der Waals surface area contributed by atoms with Gasteiger partial charge in [0.1, 0.15) is 11.6 Å². The molecule has 3 N–H and O–H groups in total. The Morgan fingerprint density at radius 3 is 2.49 bits per heavy atom. The Balaban J connectivity index is 1.72. The fourth-order valence-electron chi connectivity index (χ4n) is 4.17. The standard InChI is InChI=1S/C26H32N6O4S/c1-17(2)16-36-22-10-5-8-19(28-22)20-13-12-18(24(29-20)32-15-7-14-26(32,3)4)25(33)31-37(34,35)23-11-6-9-21(27)30-23/h5-6,8-13,17H,7,14-16H2,1-4H3,(H2,27,30)(H,31,33). The summed E-state index contributed by atoms with van der Waals surface area (Å²) in [7, 11) is -4.25. The van der Waals surface area contributed by atoms with E-state index in [1.54, 1.807) is 18.2 Å². The van der Waals surface area contributed by atoms with E-state index in [4.69, 9.17) is 15.5 Å². The Bertz CT molecular complexity index is 1410. The number of hydrogen-bond acceptors (Lipinski definition) is 9. The highest BCUT2D eigenvalue weighted by molar-refractivity contribution is 7.90. The molecule has 1 amide bonds. The summed E-state index contributed by atoms with van der Waals surface area (Å²) in [4.78, 5) is 28.6. The smallest absolute Gasteiger partial charge is 0.281 e. The van der Waals surface area contributed by atoms with Gasteiger partial charge in [-0.2, -0.15) is 8.42 Å². The van der Waals surface area contributed by atoms with E-state index in [2.05, 4.69) is 42.4 Å². The van der Waals surface area contributed by atoms with E-state index in [0.29, 0.717) is 42.2 Å². The fraction of sp³-hybridized carbons (Fsp3) is 0.385. The number of amides is 1. The molecular weight excluding hydrogens is 492 g/mol. The highest BCUT2D eigenvalue weighted by Gasteiger charge is 2.36. The molecular formula is C26H32N6O4S. The van der Waals surface area contributed by atoms with Crippen molar-refractivity contribution in [2.75, 3.05) is 23.8 Å². The lowest BCUT2D eigenvalue weighted by Gasteiger charge is -2.34. The SMILES string of the molecule is CC(C)COc1cccc(-c2ccc(C(=O)NS(=O)(=O)c3cccc(N)n3)c(N3CCCC3(C)C)n2)n1. The molecule has 0 spiro atoms. The molecule has 0 aromatic carbocycles. The van der Waals surface area contributed by atoms with Crippen LogP contribution in [0.5, 0.6) is 5.88 Å². The van der Waals surface area contributed by atoms with Crippen LogP contribution in [0.2, 0.25) is 0 Å². The molecule has 4 rings (SSSR count). The van der Waals surface area contributed by atoms with Gasteiger partial charge in [0.05, 0.1) is 23.6 Å². The number of carbonyl (C=O) groups is 1. The first-order valence-electron chi connectivity index (χ1n) is 12.1. The van der Waals surface area contributed by atoms with Gasteiger partial charge < -0.3 is 15.4 Å². The first-order chi connectivity index (χ1) is 17.5. The van der Waals surface area contributed by atoms with E-state index >= 15 is 0 Å². The molecule has 10 nitrogen and oxygen atoms in total. The molecule has 3 aromatic rings. The van der Waals surface area contributed by atoms with Crippen molar-refractivity contribution in [3.63, 3.8) is 0 Å². The number of anilines is 2. The maximum atomic E-state index is 13.3. The summed E-state index contributed by atoms with van der Waals surface area (Å²) in [6.45, 7) is 9.47. The van der Waals surface area contributed by atoms with E-state index in [1.165, 1.54) is 18.2 Å². The van der Waals surface area contributed by atoms with Gasteiger partial charge in [-0.1, -0.05) is 26.0 Å². The van der Waals surface area contributed by atoms with Gasteiger partial charge in [-0.3, -0.25) is 4.79 Å². The zero-order valence-corrected chi connectivity index (χ0v) is 22.2. The van der Waals surface area contributed by atoms with Crippen LogP contribution in [0.3, 0.4) is 0 Å². The Morgan fingerprint density at radius 2 is 1.81 bits per heavy atom. The number of nitrogen functional groups attached to an aromatic ring is 1. The van der Waals surface area contributed by atoms with E-state index in [1.807, 2.05) is 17.0 Å². The lowest BCUT2D eigenvalue weighted by molar-refractivity contribution is 0.0981. The minimum absolute atomic E-state index is 0.0351. The third-order valence-electron chi connectivity index (χ3n) is 6.07. The average molecular weight is 525 g/mol. The van der Waals surface area contributed by atoms with Crippen molar-refractivity contribution in [2.45, 2.75) is 51.1 Å². The van der Waals surface area contributed by atoms with Gasteiger partial charge in [-0.25, -0.2) is 19.7 Å². The average Bonchev–Trinajstić information content (AvgIpc) is 3.21. The maximum Gasteiger partial charge on any atom is 0.281 e. The monoisotopic (exact) mass is 524 g/mol. The molecule has 4 heterocycles. The second-order valence-corrected chi connectivity index (χ2v) is 11.7. The molecule has 11 heteroatoms. The topological polar surface area (TPSA) is 140 Å². The Hall–Kier alpha value is -3.73. The maximum absolute atomic E-state index is 13.3. The first kappa shape index (κ1) is 26.3. The van der Waals surface area contributed by atoms with Crippen molar-refractivity contribution in [1.29, 1.82) is 0 Å². The van der Waals surface area contributed by atoms with E-state index in [0.717, 1.165) is 12.8 Å². The molecule has 0 radical (unpaired) electrons. The number of nitrogens with one attached hydrogen (secondary N) is 1. The van der Waals surface area contributed by atoms with E-state index in [-0.39, 0.29) is 21.9 Å². The largest absolute Gasteiger partial charge is 0.477 e. The van der Waals surface area contributed by atoms with Crippen molar-refractivity contribution in [3.05, 3.63) is 54.1 Å². The zero-order chi connectivity index (χ0) is 26.8. The minimum Gasteiger partial charge on any atom is -0.477 e. The molecule has 1 saturated heterocycles. The van der Waals surface area contributed by atoms with Crippen LogP contribution in [-0.4, -0.2) is 48.0 Å². The van der Waals surface area contributed by atoms with Gasteiger partial charge in [0, 0.05) is 18.2 Å². The van der Waals surface area contributed by atoms with Gasteiger partial charge in [0.25, 0.3) is 15.9 Å². The molecule has 3 aromatic heterocycles. The summed E-state index contributed by atoms with van der Waals surface area (Å²) >= 11 is 0. The highest BCUT2D eigenvalue weighted by Crippen LogP contribution is 2.36. The molecule has 0 unspecified atom stereocenters. The van der Waals surface area contributed by atoms with Crippen LogP contribution in [0.1, 0.15) is 50.9 Å². The Labute approximate surface area is 217 Å². The molecule has 37 heavy (non-hydrogen) atoms. The summed E-state index contributed by atoms with van der Waals surface area (Å²) in [5.74, 6) is 0.460. The van der Waals surface area contributed by atoms with Crippen LogP contribution < -0.4 is 20.1 Å². The summed E-state index contributed by atoms with van der Waals surface area (Å²) in [6, 6.07) is 12.9. The normalized spacial score (nSPS) is 15.1. The summed E-state index contributed by atoms with van der Waals surface area (Å²) in [6.07, 6.45) is 1.82. The Kier molecular flexibility index (Phi) is 7.35.